The third-order valence-corrected chi connectivity index (χ3v) is 4.68. The van der Waals surface area contributed by atoms with E-state index < -0.39 is 12.0 Å². The van der Waals surface area contributed by atoms with Gasteiger partial charge in [-0.25, -0.2) is 9.78 Å². The number of aryl methyl sites for hydroxylation is 1. The van der Waals surface area contributed by atoms with E-state index in [1.165, 1.54) is 4.90 Å². The van der Waals surface area contributed by atoms with Crippen molar-refractivity contribution in [3.63, 3.8) is 0 Å². The van der Waals surface area contributed by atoms with Crippen molar-refractivity contribution in [3.8, 4) is 10.6 Å². The number of morpholine rings is 1. The molecule has 1 saturated heterocycles. The molecule has 120 valence electrons. The van der Waals surface area contributed by atoms with Gasteiger partial charge in [0.2, 0.25) is 0 Å². The van der Waals surface area contributed by atoms with Crippen LogP contribution in [0.25, 0.3) is 10.6 Å². The van der Waals surface area contributed by atoms with Gasteiger partial charge in [-0.1, -0.05) is 12.1 Å². The Hall–Kier alpha value is -2.25. The first kappa shape index (κ1) is 15.6. The molecular weight excluding hydrogens is 316 g/mol. The number of ether oxygens (including phenoxy) is 1. The average Bonchev–Trinajstić information content (AvgIpc) is 3.01. The lowest BCUT2D eigenvalue weighted by molar-refractivity contribution is -0.147. The molecule has 1 amide bonds. The predicted molar refractivity (Wildman–Crippen MR) is 85.6 cm³/mol. The number of nitrogens with zero attached hydrogens (tertiary/aromatic N) is 2. The van der Waals surface area contributed by atoms with Crippen LogP contribution in [0.3, 0.4) is 0 Å². The standard InChI is InChI=1S/C16H16N2O4S/c1-10-9-23-14(17-10)11-2-4-12(5-3-11)15(19)18-6-7-22-8-13(18)16(20)21/h2-5,9,13H,6-8H2,1H3,(H,20,21)/t13-/m1/s1. The van der Waals surface area contributed by atoms with Gasteiger partial charge in [-0.05, 0) is 19.1 Å². The molecule has 1 aliphatic rings. The Balaban J connectivity index is 1.80. The summed E-state index contributed by atoms with van der Waals surface area (Å²) in [6.07, 6.45) is 0. The minimum atomic E-state index is -1.05. The van der Waals surface area contributed by atoms with Crippen molar-refractivity contribution in [1.82, 2.24) is 9.88 Å². The molecule has 0 aliphatic carbocycles. The molecule has 6 nitrogen and oxygen atoms in total. The van der Waals surface area contributed by atoms with E-state index >= 15 is 0 Å². The third-order valence-electron chi connectivity index (χ3n) is 3.67. The molecule has 7 heteroatoms. The van der Waals surface area contributed by atoms with E-state index in [1.807, 2.05) is 24.4 Å². The minimum absolute atomic E-state index is 0.0253. The summed E-state index contributed by atoms with van der Waals surface area (Å²) < 4.78 is 5.16. The largest absolute Gasteiger partial charge is 0.480 e. The van der Waals surface area contributed by atoms with Crippen LogP contribution in [0.1, 0.15) is 16.1 Å². The minimum Gasteiger partial charge on any atom is -0.480 e. The Morgan fingerprint density at radius 1 is 1.35 bits per heavy atom. The Morgan fingerprint density at radius 2 is 2.09 bits per heavy atom. The van der Waals surface area contributed by atoms with Gasteiger partial charge in [0, 0.05) is 28.7 Å². The van der Waals surface area contributed by atoms with Gasteiger partial charge in [0.1, 0.15) is 5.01 Å². The Morgan fingerprint density at radius 3 is 2.70 bits per heavy atom. The number of carboxylic acids is 1. The normalized spacial score (nSPS) is 18.0. The van der Waals surface area contributed by atoms with Crippen molar-refractivity contribution in [2.75, 3.05) is 19.8 Å². The van der Waals surface area contributed by atoms with Crippen LogP contribution < -0.4 is 0 Å². The zero-order chi connectivity index (χ0) is 16.4. The van der Waals surface area contributed by atoms with Gasteiger partial charge in [0.25, 0.3) is 5.91 Å². The molecule has 3 rings (SSSR count). The van der Waals surface area contributed by atoms with E-state index in [4.69, 9.17) is 4.74 Å². The third kappa shape index (κ3) is 3.25. The fourth-order valence-electron chi connectivity index (χ4n) is 2.46. The van der Waals surface area contributed by atoms with Crippen molar-refractivity contribution in [2.24, 2.45) is 0 Å². The number of aliphatic carboxylic acids is 1. The highest BCUT2D eigenvalue weighted by Crippen LogP contribution is 2.24. The molecular formula is C16H16N2O4S. The van der Waals surface area contributed by atoms with Crippen LogP contribution in [0.2, 0.25) is 0 Å². The summed E-state index contributed by atoms with van der Waals surface area (Å²) in [5.41, 5.74) is 2.37. The van der Waals surface area contributed by atoms with Crippen LogP contribution >= 0.6 is 11.3 Å². The maximum Gasteiger partial charge on any atom is 0.328 e. The summed E-state index contributed by atoms with van der Waals surface area (Å²) in [5, 5.41) is 12.1. The number of hydrogen-bond acceptors (Lipinski definition) is 5. The Labute approximate surface area is 137 Å². The highest BCUT2D eigenvalue weighted by atomic mass is 32.1. The van der Waals surface area contributed by atoms with E-state index in [2.05, 4.69) is 4.98 Å². The Kier molecular flexibility index (Phi) is 4.40. The van der Waals surface area contributed by atoms with Crippen LogP contribution in [0.5, 0.6) is 0 Å². The van der Waals surface area contributed by atoms with Gasteiger partial charge in [0.05, 0.1) is 13.2 Å². The molecule has 1 aliphatic heterocycles. The number of amides is 1. The fraction of sp³-hybridized carbons (Fsp3) is 0.312. The van der Waals surface area contributed by atoms with E-state index in [1.54, 1.807) is 23.5 Å². The molecule has 1 aromatic heterocycles. The van der Waals surface area contributed by atoms with Crippen molar-refractivity contribution in [2.45, 2.75) is 13.0 Å². The topological polar surface area (TPSA) is 79.7 Å². The van der Waals surface area contributed by atoms with E-state index in [-0.39, 0.29) is 19.1 Å². The maximum absolute atomic E-state index is 12.6. The smallest absolute Gasteiger partial charge is 0.328 e. The molecule has 2 aromatic rings. The monoisotopic (exact) mass is 332 g/mol. The van der Waals surface area contributed by atoms with Crippen molar-refractivity contribution in [1.29, 1.82) is 0 Å². The highest BCUT2D eigenvalue weighted by molar-refractivity contribution is 7.13. The summed E-state index contributed by atoms with van der Waals surface area (Å²) >= 11 is 1.55. The number of carbonyl (C=O) groups is 2. The number of benzene rings is 1. The van der Waals surface area contributed by atoms with E-state index in [0.29, 0.717) is 12.2 Å². The highest BCUT2D eigenvalue weighted by Gasteiger charge is 2.33. The van der Waals surface area contributed by atoms with Crippen molar-refractivity contribution in [3.05, 3.63) is 40.9 Å². The van der Waals surface area contributed by atoms with Crippen molar-refractivity contribution < 1.29 is 19.4 Å². The first-order chi connectivity index (χ1) is 11.1. The lowest BCUT2D eigenvalue weighted by Crippen LogP contribution is -2.52. The number of carbonyl (C=O) groups excluding carboxylic acids is 1. The van der Waals surface area contributed by atoms with Crippen LogP contribution in [0.4, 0.5) is 0 Å². The number of rotatable bonds is 3. The second kappa shape index (κ2) is 6.47. The summed E-state index contributed by atoms with van der Waals surface area (Å²) in [7, 11) is 0. The molecule has 23 heavy (non-hydrogen) atoms. The molecule has 0 unspecified atom stereocenters. The maximum atomic E-state index is 12.6. The molecule has 0 saturated carbocycles. The number of carboxylic acid groups (broad SMARTS) is 1. The second-order valence-corrected chi connectivity index (χ2v) is 6.16. The molecule has 2 heterocycles. The van der Waals surface area contributed by atoms with Gasteiger partial charge >= 0.3 is 5.97 Å². The zero-order valence-corrected chi connectivity index (χ0v) is 13.4. The van der Waals surface area contributed by atoms with Crippen LogP contribution in [0, 0.1) is 6.92 Å². The SMILES string of the molecule is Cc1csc(-c2ccc(C(=O)N3CCOC[C@@H]3C(=O)O)cc2)n1. The van der Waals surface area contributed by atoms with Gasteiger partial charge < -0.3 is 14.7 Å². The summed E-state index contributed by atoms with van der Waals surface area (Å²) in [5.74, 6) is -1.34. The number of hydrogen-bond donors (Lipinski definition) is 1. The molecule has 0 radical (unpaired) electrons. The van der Waals surface area contributed by atoms with Crippen LogP contribution in [-0.2, 0) is 9.53 Å². The lowest BCUT2D eigenvalue weighted by Gasteiger charge is -2.32. The molecule has 0 bridgehead atoms. The predicted octanol–water partition coefficient (Wildman–Crippen LogP) is 2.04. The first-order valence-electron chi connectivity index (χ1n) is 7.20. The van der Waals surface area contributed by atoms with Gasteiger partial charge in [-0.2, -0.15) is 0 Å². The van der Waals surface area contributed by atoms with Crippen LogP contribution in [-0.4, -0.2) is 52.7 Å². The summed E-state index contributed by atoms with van der Waals surface area (Å²) in [4.78, 5) is 29.6. The summed E-state index contributed by atoms with van der Waals surface area (Å²) in [6.45, 7) is 2.59. The Bertz CT molecular complexity index is 726. The van der Waals surface area contributed by atoms with Gasteiger partial charge in [0.15, 0.2) is 6.04 Å². The summed E-state index contributed by atoms with van der Waals surface area (Å²) in [6, 6.07) is 6.16. The lowest BCUT2D eigenvalue weighted by atomic mass is 10.1. The van der Waals surface area contributed by atoms with Gasteiger partial charge in [-0.3, -0.25) is 4.79 Å². The first-order valence-corrected chi connectivity index (χ1v) is 8.08. The second-order valence-electron chi connectivity index (χ2n) is 5.30. The molecule has 1 aromatic carbocycles. The molecule has 0 spiro atoms. The zero-order valence-electron chi connectivity index (χ0n) is 12.6. The van der Waals surface area contributed by atoms with E-state index in [0.717, 1.165) is 16.3 Å². The molecule has 1 fully saturated rings. The number of thiazole rings is 1. The molecule has 1 N–H and O–H groups in total. The van der Waals surface area contributed by atoms with Crippen molar-refractivity contribution >= 4 is 23.2 Å². The quantitative estimate of drug-likeness (QED) is 0.930. The fourth-order valence-corrected chi connectivity index (χ4v) is 3.26. The van der Waals surface area contributed by atoms with E-state index in [9.17, 15) is 14.7 Å². The molecule has 1 atom stereocenters. The average molecular weight is 332 g/mol. The number of aromatic nitrogens is 1. The van der Waals surface area contributed by atoms with Gasteiger partial charge in [-0.15, -0.1) is 11.3 Å². The van der Waals surface area contributed by atoms with Crippen LogP contribution in [0.15, 0.2) is 29.6 Å².